The van der Waals surface area contributed by atoms with E-state index in [9.17, 15) is 18.2 Å². The van der Waals surface area contributed by atoms with Crippen molar-refractivity contribution in [2.24, 2.45) is 0 Å². The third-order valence-electron chi connectivity index (χ3n) is 1.21. The van der Waals surface area contributed by atoms with E-state index in [1.165, 1.54) is 24.3 Å². The lowest BCUT2D eigenvalue weighted by Crippen LogP contribution is -2.44. The highest BCUT2D eigenvalue weighted by molar-refractivity contribution is 6.33. The fraction of sp³-hybridized carbons (Fsp3) is 0.143. The number of halogens is 3. The molecule has 0 unspecified atom stereocenters. The zero-order chi connectivity index (χ0) is 10.6. The number of benzene rings is 1. The maximum Gasteiger partial charge on any atom is 0.510 e. The molecule has 0 saturated heterocycles. The van der Waals surface area contributed by atoms with E-state index in [0.29, 0.717) is 0 Å². The summed E-state index contributed by atoms with van der Waals surface area (Å²) in [6.45, 7) is 0. The third kappa shape index (κ3) is 4.15. The fourth-order valence-corrected chi connectivity index (χ4v) is 0.743. The van der Waals surface area contributed by atoms with Gasteiger partial charge in [0.1, 0.15) is 0 Å². The van der Waals surface area contributed by atoms with Gasteiger partial charge in [-0.1, -0.05) is 18.2 Å². The molecule has 0 heterocycles. The molecule has 1 aromatic rings. The van der Waals surface area contributed by atoms with Crippen molar-refractivity contribution in [3.05, 3.63) is 30.3 Å². The second-order valence-corrected chi connectivity index (χ2v) is 2.28. The normalized spacial score (nSPS) is 11.1. The number of rotatable bonds is 3. The molecular formula is C7H5BF3O3-. The van der Waals surface area contributed by atoms with E-state index < -0.39 is 13.7 Å². The van der Waals surface area contributed by atoms with E-state index >= 15 is 0 Å². The van der Waals surface area contributed by atoms with Crippen LogP contribution in [0.3, 0.4) is 0 Å². The standard InChI is InChI=1S/C7H5BF3O3/c9-7(10,11)14-8(12)13-6-4-2-1-3-5-6/h1-5H/q-1. The summed E-state index contributed by atoms with van der Waals surface area (Å²) in [5.41, 5.74) is 0. The molecule has 0 aliphatic carbocycles. The Morgan fingerprint density at radius 2 is 1.71 bits per heavy atom. The molecule has 76 valence electrons. The van der Waals surface area contributed by atoms with Crippen molar-refractivity contribution >= 4 is 7.32 Å². The maximum atomic E-state index is 11.5. The highest BCUT2D eigenvalue weighted by Gasteiger charge is 2.31. The van der Waals surface area contributed by atoms with Gasteiger partial charge in [-0.3, -0.25) is 0 Å². The summed E-state index contributed by atoms with van der Waals surface area (Å²) in [5.74, 6) is 0.0248. The van der Waals surface area contributed by atoms with Crippen LogP contribution in [0.25, 0.3) is 0 Å². The van der Waals surface area contributed by atoms with Crippen molar-refractivity contribution < 1.29 is 27.5 Å². The summed E-state index contributed by atoms with van der Waals surface area (Å²) in [4.78, 5) is 0. The maximum absolute atomic E-state index is 11.5. The Bertz CT molecular complexity index is 277. The van der Waals surface area contributed by atoms with Gasteiger partial charge in [0.15, 0.2) is 0 Å². The molecule has 0 N–H and O–H groups in total. The molecule has 0 spiro atoms. The molecule has 0 fully saturated rings. The lowest BCUT2D eigenvalue weighted by molar-refractivity contribution is -0.337. The summed E-state index contributed by atoms with van der Waals surface area (Å²) < 4.78 is 41.9. The number of para-hydroxylation sites is 1. The second-order valence-electron chi connectivity index (χ2n) is 2.28. The SMILES string of the molecule is [O-]B(Oc1ccccc1)OC(F)(F)F. The first-order chi connectivity index (χ1) is 6.47. The lowest BCUT2D eigenvalue weighted by atomic mass is 10.2. The van der Waals surface area contributed by atoms with Crippen LogP contribution < -0.4 is 9.68 Å². The monoisotopic (exact) mass is 205 g/mol. The molecule has 14 heavy (non-hydrogen) atoms. The second kappa shape index (κ2) is 4.34. The van der Waals surface area contributed by atoms with Gasteiger partial charge < -0.3 is 14.3 Å². The van der Waals surface area contributed by atoms with Gasteiger partial charge in [0.2, 0.25) is 0 Å². The predicted octanol–water partition coefficient (Wildman–Crippen LogP) is 0.947. The summed E-state index contributed by atoms with van der Waals surface area (Å²) in [6, 6.07) is 7.39. The quantitative estimate of drug-likeness (QED) is 0.689. The molecule has 0 atom stereocenters. The van der Waals surface area contributed by atoms with E-state index in [1.807, 2.05) is 0 Å². The van der Waals surface area contributed by atoms with Gasteiger partial charge in [0.05, 0.1) is 5.75 Å². The Morgan fingerprint density at radius 1 is 1.14 bits per heavy atom. The molecule has 7 heteroatoms. The van der Waals surface area contributed by atoms with Crippen molar-refractivity contribution in [3.63, 3.8) is 0 Å². The lowest BCUT2D eigenvalue weighted by Gasteiger charge is -2.20. The van der Waals surface area contributed by atoms with E-state index in [4.69, 9.17) is 0 Å². The number of alkyl halides is 3. The van der Waals surface area contributed by atoms with Crippen molar-refractivity contribution in [2.75, 3.05) is 0 Å². The van der Waals surface area contributed by atoms with Crippen molar-refractivity contribution in [3.8, 4) is 5.75 Å². The topological polar surface area (TPSA) is 41.5 Å². The molecule has 0 amide bonds. The van der Waals surface area contributed by atoms with Gasteiger partial charge in [0.25, 0.3) is 0 Å². The highest BCUT2D eigenvalue weighted by atomic mass is 19.4. The molecule has 0 bridgehead atoms. The minimum Gasteiger partial charge on any atom is -0.820 e. The van der Waals surface area contributed by atoms with Crippen LogP contribution in [-0.2, 0) is 4.65 Å². The van der Waals surface area contributed by atoms with Gasteiger partial charge in [-0.25, -0.2) is 0 Å². The van der Waals surface area contributed by atoms with Gasteiger partial charge >= 0.3 is 13.7 Å². The molecule has 1 rings (SSSR count). The first-order valence-corrected chi connectivity index (χ1v) is 3.59. The van der Waals surface area contributed by atoms with Gasteiger partial charge in [-0.05, 0) is 12.1 Å². The van der Waals surface area contributed by atoms with Crippen LogP contribution in [0.4, 0.5) is 13.2 Å². The van der Waals surface area contributed by atoms with Crippen LogP contribution in [-0.4, -0.2) is 13.7 Å². The van der Waals surface area contributed by atoms with Crippen molar-refractivity contribution in [2.45, 2.75) is 6.36 Å². The Balaban J connectivity index is 2.46. The zero-order valence-electron chi connectivity index (χ0n) is 6.82. The average molecular weight is 205 g/mol. The Kier molecular flexibility index (Phi) is 3.37. The van der Waals surface area contributed by atoms with E-state index in [-0.39, 0.29) is 5.75 Å². The number of hydrogen-bond donors (Lipinski definition) is 0. The van der Waals surface area contributed by atoms with E-state index in [1.54, 1.807) is 6.07 Å². The summed E-state index contributed by atoms with van der Waals surface area (Å²) >= 11 is 0. The Labute approximate surface area is 78.2 Å². The predicted molar refractivity (Wildman–Crippen MR) is 40.0 cm³/mol. The largest absolute Gasteiger partial charge is 0.820 e. The molecule has 0 saturated carbocycles. The molecule has 0 radical (unpaired) electrons. The smallest absolute Gasteiger partial charge is 0.510 e. The zero-order valence-corrected chi connectivity index (χ0v) is 6.82. The van der Waals surface area contributed by atoms with Crippen LogP contribution in [0.1, 0.15) is 0 Å². The average Bonchev–Trinajstić information content (AvgIpc) is 2.02. The molecule has 0 aliphatic rings. The molecule has 0 aliphatic heterocycles. The van der Waals surface area contributed by atoms with Crippen LogP contribution in [0, 0.1) is 0 Å². The summed E-state index contributed by atoms with van der Waals surface area (Å²) in [7, 11) is -2.60. The minimum atomic E-state index is -4.98. The third-order valence-corrected chi connectivity index (χ3v) is 1.21. The fourth-order valence-electron chi connectivity index (χ4n) is 0.743. The minimum absolute atomic E-state index is 0.0248. The Hall–Kier alpha value is -1.21. The van der Waals surface area contributed by atoms with E-state index in [2.05, 4.69) is 9.31 Å². The van der Waals surface area contributed by atoms with Crippen molar-refractivity contribution in [1.82, 2.24) is 0 Å². The van der Waals surface area contributed by atoms with Crippen LogP contribution in [0.15, 0.2) is 30.3 Å². The van der Waals surface area contributed by atoms with Gasteiger partial charge in [-0.15, -0.1) is 13.2 Å². The summed E-state index contributed by atoms with van der Waals surface area (Å²) in [5, 5.41) is 10.5. The first-order valence-electron chi connectivity index (χ1n) is 3.59. The molecule has 0 aromatic heterocycles. The number of hydrogen-bond acceptors (Lipinski definition) is 3. The molecule has 3 nitrogen and oxygen atoms in total. The van der Waals surface area contributed by atoms with Gasteiger partial charge in [-0.2, -0.15) is 0 Å². The van der Waals surface area contributed by atoms with Gasteiger partial charge in [0, 0.05) is 0 Å². The van der Waals surface area contributed by atoms with Crippen LogP contribution >= 0.6 is 0 Å². The highest BCUT2D eigenvalue weighted by Crippen LogP contribution is 2.17. The first kappa shape index (κ1) is 10.9. The van der Waals surface area contributed by atoms with Crippen molar-refractivity contribution in [1.29, 1.82) is 0 Å². The summed E-state index contributed by atoms with van der Waals surface area (Å²) in [6.07, 6.45) is -4.98. The Morgan fingerprint density at radius 3 is 2.21 bits per heavy atom. The van der Waals surface area contributed by atoms with Crippen LogP contribution in [0.5, 0.6) is 5.75 Å². The van der Waals surface area contributed by atoms with E-state index in [0.717, 1.165) is 0 Å². The molecular weight excluding hydrogens is 200 g/mol. The van der Waals surface area contributed by atoms with Crippen LogP contribution in [0.2, 0.25) is 0 Å². The molecule has 1 aromatic carbocycles.